The maximum atomic E-state index is 13.1. The van der Waals surface area contributed by atoms with Crippen molar-refractivity contribution in [3.8, 4) is 0 Å². The molecule has 1 aliphatic carbocycles. The van der Waals surface area contributed by atoms with Crippen LogP contribution >= 0.6 is 0 Å². The highest BCUT2D eigenvalue weighted by Crippen LogP contribution is 2.30. The Balaban J connectivity index is 1.40. The molecule has 6 heteroatoms. The van der Waals surface area contributed by atoms with Crippen LogP contribution in [0.5, 0.6) is 0 Å². The topological polar surface area (TPSA) is 57.7 Å². The summed E-state index contributed by atoms with van der Waals surface area (Å²) in [7, 11) is -3.47. The van der Waals surface area contributed by atoms with Crippen LogP contribution in [0.15, 0.2) is 23.1 Å². The summed E-state index contributed by atoms with van der Waals surface area (Å²) in [4.78, 5) is 15.4. The van der Waals surface area contributed by atoms with Crippen molar-refractivity contribution in [3.63, 3.8) is 0 Å². The largest absolute Gasteiger partial charge is 0.342 e. The third kappa shape index (κ3) is 3.86. The molecule has 1 aromatic rings. The van der Waals surface area contributed by atoms with Crippen LogP contribution in [0, 0.1) is 17.8 Å². The molecule has 4 rings (SSSR count). The number of sulfonamides is 1. The lowest BCUT2D eigenvalue weighted by molar-refractivity contribution is -0.139. The predicted octanol–water partition coefficient (Wildman–Crippen LogP) is 3.08. The number of hydrogen-bond acceptors (Lipinski definition) is 3. The fourth-order valence-corrected chi connectivity index (χ4v) is 6.82. The molecule has 5 nitrogen and oxygen atoms in total. The van der Waals surface area contributed by atoms with Gasteiger partial charge >= 0.3 is 0 Å². The second kappa shape index (κ2) is 7.79. The van der Waals surface area contributed by atoms with Crippen LogP contribution in [0.4, 0.5) is 0 Å². The minimum Gasteiger partial charge on any atom is -0.342 e. The van der Waals surface area contributed by atoms with Crippen molar-refractivity contribution >= 4 is 15.9 Å². The molecule has 0 N–H and O–H groups in total. The average Bonchev–Trinajstić information content (AvgIpc) is 3.14. The molecule has 3 aliphatic rings. The first kappa shape index (κ1) is 19.9. The van der Waals surface area contributed by atoms with Gasteiger partial charge in [-0.15, -0.1) is 0 Å². The van der Waals surface area contributed by atoms with Crippen molar-refractivity contribution in [1.82, 2.24) is 9.21 Å². The van der Waals surface area contributed by atoms with E-state index < -0.39 is 10.0 Å². The van der Waals surface area contributed by atoms with E-state index in [9.17, 15) is 13.2 Å². The maximum absolute atomic E-state index is 13.1. The molecule has 2 fully saturated rings. The average molecular weight is 405 g/mol. The molecule has 2 atom stereocenters. The van der Waals surface area contributed by atoms with E-state index in [4.69, 9.17) is 0 Å². The van der Waals surface area contributed by atoms with Crippen LogP contribution in [-0.4, -0.2) is 49.7 Å². The number of aryl methyl sites for hydroxylation is 2. The van der Waals surface area contributed by atoms with E-state index >= 15 is 0 Å². The third-order valence-corrected chi connectivity index (χ3v) is 8.59. The number of benzene rings is 1. The fourth-order valence-electron chi connectivity index (χ4n) is 5.30. The smallest absolute Gasteiger partial charge is 0.243 e. The summed E-state index contributed by atoms with van der Waals surface area (Å²) in [6.45, 7) is 6.99. The van der Waals surface area contributed by atoms with Crippen molar-refractivity contribution in [2.45, 2.75) is 57.3 Å². The zero-order chi connectivity index (χ0) is 19.9. The lowest BCUT2D eigenvalue weighted by atomic mass is 9.89. The molecule has 2 heterocycles. The van der Waals surface area contributed by atoms with Crippen LogP contribution in [0.2, 0.25) is 0 Å². The van der Waals surface area contributed by atoms with E-state index in [-0.39, 0.29) is 11.8 Å². The highest BCUT2D eigenvalue weighted by Gasteiger charge is 2.35. The third-order valence-electron chi connectivity index (χ3n) is 6.69. The van der Waals surface area contributed by atoms with Crippen LogP contribution in [0.1, 0.15) is 50.7 Å². The van der Waals surface area contributed by atoms with E-state index in [0.29, 0.717) is 42.7 Å². The Morgan fingerprint density at radius 1 is 1.00 bits per heavy atom. The quantitative estimate of drug-likeness (QED) is 0.778. The molecule has 0 radical (unpaired) electrons. The standard InChI is InChI=1S/C22H32N2O3S/c1-16-12-17(2)15-23(14-16)22(25)19-8-10-24(11-9-19)28(26,27)21-7-6-18-4-3-5-20(18)13-21/h6-7,13,16-17,19H,3-5,8-12,14-15H2,1-2H3. The lowest BCUT2D eigenvalue weighted by Crippen LogP contribution is -2.48. The summed E-state index contributed by atoms with van der Waals surface area (Å²) in [5.74, 6) is 1.29. The van der Waals surface area contributed by atoms with E-state index in [1.165, 1.54) is 17.5 Å². The van der Waals surface area contributed by atoms with Gasteiger partial charge in [0, 0.05) is 32.1 Å². The molecule has 2 unspecified atom stereocenters. The highest BCUT2D eigenvalue weighted by atomic mass is 32.2. The van der Waals surface area contributed by atoms with Gasteiger partial charge in [-0.1, -0.05) is 19.9 Å². The first-order chi connectivity index (χ1) is 13.3. The van der Waals surface area contributed by atoms with E-state index in [2.05, 4.69) is 13.8 Å². The number of amides is 1. The van der Waals surface area contributed by atoms with Gasteiger partial charge in [0.15, 0.2) is 0 Å². The Kier molecular flexibility index (Phi) is 5.53. The summed E-state index contributed by atoms with van der Waals surface area (Å²) < 4.78 is 27.7. The highest BCUT2D eigenvalue weighted by molar-refractivity contribution is 7.89. The molecule has 0 spiro atoms. The summed E-state index contributed by atoms with van der Waals surface area (Å²) in [6, 6.07) is 5.60. The van der Waals surface area contributed by atoms with Crippen LogP contribution in [0.25, 0.3) is 0 Å². The molecule has 1 amide bonds. The van der Waals surface area contributed by atoms with Gasteiger partial charge in [-0.2, -0.15) is 4.31 Å². The summed E-state index contributed by atoms with van der Waals surface area (Å²) >= 11 is 0. The molecule has 154 valence electrons. The van der Waals surface area contributed by atoms with Crippen LogP contribution in [-0.2, 0) is 27.7 Å². The molecule has 2 saturated heterocycles. The molecule has 2 aliphatic heterocycles. The van der Waals surface area contributed by atoms with Crippen molar-refractivity contribution in [2.75, 3.05) is 26.2 Å². The number of carbonyl (C=O) groups is 1. The lowest BCUT2D eigenvalue weighted by Gasteiger charge is -2.39. The van der Waals surface area contributed by atoms with Gasteiger partial charge in [0.2, 0.25) is 15.9 Å². The van der Waals surface area contributed by atoms with Gasteiger partial charge in [0.1, 0.15) is 0 Å². The predicted molar refractivity (Wildman–Crippen MR) is 109 cm³/mol. The van der Waals surface area contributed by atoms with Gasteiger partial charge in [0.25, 0.3) is 0 Å². The van der Waals surface area contributed by atoms with E-state index in [0.717, 1.165) is 32.4 Å². The Morgan fingerprint density at radius 2 is 1.64 bits per heavy atom. The van der Waals surface area contributed by atoms with Crippen molar-refractivity contribution in [1.29, 1.82) is 0 Å². The normalized spacial score (nSPS) is 27.0. The summed E-state index contributed by atoms with van der Waals surface area (Å²) in [5, 5.41) is 0. The van der Waals surface area contributed by atoms with Gasteiger partial charge < -0.3 is 4.90 Å². The summed E-state index contributed by atoms with van der Waals surface area (Å²) in [5.41, 5.74) is 2.47. The number of carbonyl (C=O) groups excluding carboxylic acids is 1. The van der Waals surface area contributed by atoms with E-state index in [1.807, 2.05) is 17.0 Å². The Morgan fingerprint density at radius 3 is 2.32 bits per heavy atom. The zero-order valence-corrected chi connectivity index (χ0v) is 17.9. The number of likely N-dealkylation sites (tertiary alicyclic amines) is 1. The number of nitrogens with zero attached hydrogens (tertiary/aromatic N) is 2. The number of rotatable bonds is 3. The Hall–Kier alpha value is -1.40. The monoisotopic (exact) mass is 404 g/mol. The molecular formula is C22H32N2O3S. The fraction of sp³-hybridized carbons (Fsp3) is 0.682. The number of piperidine rings is 2. The number of fused-ring (bicyclic) bond motifs is 1. The SMILES string of the molecule is CC1CC(C)CN(C(=O)C2CCN(S(=O)(=O)c3ccc4c(c3)CCC4)CC2)C1. The van der Waals surface area contributed by atoms with Crippen molar-refractivity contribution < 1.29 is 13.2 Å². The molecule has 0 bridgehead atoms. The minimum absolute atomic E-state index is 0.0380. The number of hydrogen-bond donors (Lipinski definition) is 0. The van der Waals surface area contributed by atoms with Crippen molar-refractivity contribution in [3.05, 3.63) is 29.3 Å². The Bertz CT molecular complexity index is 833. The second-order valence-corrected chi connectivity index (χ2v) is 11.1. The van der Waals surface area contributed by atoms with Gasteiger partial charge in [-0.25, -0.2) is 8.42 Å². The molecule has 0 aromatic heterocycles. The maximum Gasteiger partial charge on any atom is 0.243 e. The first-order valence-electron chi connectivity index (χ1n) is 10.8. The van der Waals surface area contributed by atoms with Crippen LogP contribution < -0.4 is 0 Å². The zero-order valence-electron chi connectivity index (χ0n) is 17.1. The van der Waals surface area contributed by atoms with E-state index in [1.54, 1.807) is 10.4 Å². The minimum atomic E-state index is -3.47. The van der Waals surface area contributed by atoms with Gasteiger partial charge in [-0.3, -0.25) is 4.79 Å². The first-order valence-corrected chi connectivity index (χ1v) is 12.2. The van der Waals surface area contributed by atoms with Crippen LogP contribution in [0.3, 0.4) is 0 Å². The second-order valence-electron chi connectivity index (χ2n) is 9.15. The van der Waals surface area contributed by atoms with Gasteiger partial charge in [0.05, 0.1) is 4.90 Å². The Labute approximate surface area is 169 Å². The van der Waals surface area contributed by atoms with Crippen molar-refractivity contribution in [2.24, 2.45) is 17.8 Å². The molecular weight excluding hydrogens is 372 g/mol. The molecule has 28 heavy (non-hydrogen) atoms. The molecule has 0 saturated carbocycles. The van der Waals surface area contributed by atoms with Gasteiger partial charge in [-0.05, 0) is 73.6 Å². The summed E-state index contributed by atoms with van der Waals surface area (Å²) in [6.07, 6.45) is 5.57. The molecule has 1 aromatic carbocycles.